The van der Waals surface area contributed by atoms with Crippen molar-refractivity contribution >= 4 is 6.16 Å². The molecule has 0 aliphatic rings. The first-order chi connectivity index (χ1) is 12.0. The van der Waals surface area contributed by atoms with Gasteiger partial charge in [0.1, 0.15) is 0 Å². The average Bonchev–Trinajstić information content (AvgIpc) is 2.57. The molecule has 3 aromatic rings. The molecule has 0 radical (unpaired) electrons. The maximum atomic E-state index is 10.8. The van der Waals surface area contributed by atoms with Crippen LogP contribution in [0, 0.1) is 13.8 Å². The Labute approximate surface area is 146 Å². The maximum absolute atomic E-state index is 10.8. The van der Waals surface area contributed by atoms with Crippen molar-refractivity contribution in [2.45, 2.75) is 20.3 Å². The van der Waals surface area contributed by atoms with Crippen molar-refractivity contribution in [1.82, 2.24) is 4.98 Å². The van der Waals surface area contributed by atoms with E-state index in [1.807, 2.05) is 18.2 Å². The Balaban J connectivity index is 1.90. The van der Waals surface area contributed by atoms with Crippen LogP contribution >= 0.6 is 0 Å². The fourth-order valence-corrected chi connectivity index (χ4v) is 2.97. The van der Waals surface area contributed by atoms with Crippen molar-refractivity contribution in [3.05, 3.63) is 83.0 Å². The van der Waals surface area contributed by atoms with E-state index in [9.17, 15) is 4.79 Å². The summed E-state index contributed by atoms with van der Waals surface area (Å²) in [5, 5.41) is 8.83. The average molecular weight is 333 g/mol. The van der Waals surface area contributed by atoms with Crippen LogP contribution in [0.4, 0.5) is 4.79 Å². The largest absolute Gasteiger partial charge is 0.512 e. The molecule has 0 saturated heterocycles. The molecule has 25 heavy (non-hydrogen) atoms. The molecule has 4 heteroatoms. The van der Waals surface area contributed by atoms with Gasteiger partial charge in [-0.3, -0.25) is 0 Å². The summed E-state index contributed by atoms with van der Waals surface area (Å²) in [7, 11) is 0. The maximum Gasteiger partial charge on any atom is 0.512 e. The van der Waals surface area contributed by atoms with Gasteiger partial charge in [0, 0.05) is 18.2 Å². The van der Waals surface area contributed by atoms with E-state index in [-0.39, 0.29) is 5.88 Å². The first-order valence-electron chi connectivity index (χ1n) is 8.05. The summed E-state index contributed by atoms with van der Waals surface area (Å²) in [4.78, 5) is 14.8. The lowest BCUT2D eigenvalue weighted by Crippen LogP contribution is -2.07. The van der Waals surface area contributed by atoms with Gasteiger partial charge in [-0.05, 0) is 47.7 Å². The molecular weight excluding hydrogens is 314 g/mol. The third-order valence-electron chi connectivity index (χ3n) is 4.15. The second-order valence-electron chi connectivity index (χ2n) is 5.98. The zero-order valence-corrected chi connectivity index (χ0v) is 14.2. The van der Waals surface area contributed by atoms with Crippen molar-refractivity contribution in [1.29, 1.82) is 0 Å². The first kappa shape index (κ1) is 16.7. The minimum absolute atomic E-state index is 0.135. The van der Waals surface area contributed by atoms with Crippen LogP contribution in [0.1, 0.15) is 22.3 Å². The van der Waals surface area contributed by atoms with Crippen molar-refractivity contribution < 1.29 is 14.6 Å². The molecule has 0 aliphatic carbocycles. The molecule has 0 bridgehead atoms. The van der Waals surface area contributed by atoms with Gasteiger partial charge in [0.15, 0.2) is 0 Å². The van der Waals surface area contributed by atoms with Crippen LogP contribution < -0.4 is 4.74 Å². The van der Waals surface area contributed by atoms with E-state index in [0.717, 1.165) is 11.1 Å². The summed E-state index contributed by atoms with van der Waals surface area (Å²) in [6, 6.07) is 18.2. The Morgan fingerprint density at radius 3 is 2.48 bits per heavy atom. The number of hydrogen-bond donors (Lipinski definition) is 1. The highest BCUT2D eigenvalue weighted by Gasteiger charge is 2.11. The number of rotatable bonds is 4. The molecule has 3 rings (SSSR count). The van der Waals surface area contributed by atoms with Gasteiger partial charge in [0.2, 0.25) is 5.88 Å². The first-order valence-corrected chi connectivity index (χ1v) is 8.05. The van der Waals surface area contributed by atoms with Crippen LogP contribution in [0.25, 0.3) is 11.1 Å². The topological polar surface area (TPSA) is 59.4 Å². The van der Waals surface area contributed by atoms with Crippen molar-refractivity contribution in [3.8, 4) is 17.0 Å². The van der Waals surface area contributed by atoms with Gasteiger partial charge in [-0.15, -0.1) is 0 Å². The van der Waals surface area contributed by atoms with E-state index < -0.39 is 6.16 Å². The van der Waals surface area contributed by atoms with Crippen LogP contribution in [-0.2, 0) is 6.42 Å². The van der Waals surface area contributed by atoms with Crippen molar-refractivity contribution in [2.24, 2.45) is 0 Å². The van der Waals surface area contributed by atoms with E-state index in [0.29, 0.717) is 6.42 Å². The van der Waals surface area contributed by atoms with Crippen LogP contribution in [0.5, 0.6) is 5.88 Å². The van der Waals surface area contributed by atoms with Crippen molar-refractivity contribution in [2.75, 3.05) is 0 Å². The molecule has 0 saturated carbocycles. The minimum atomic E-state index is -1.36. The molecule has 0 amide bonds. The van der Waals surface area contributed by atoms with Crippen LogP contribution in [0.15, 0.2) is 60.8 Å². The molecule has 0 spiro atoms. The number of benzene rings is 2. The minimum Gasteiger partial charge on any atom is -0.449 e. The quantitative estimate of drug-likeness (QED) is 0.682. The summed E-state index contributed by atoms with van der Waals surface area (Å²) in [5.41, 5.74) is 6.67. The fraction of sp³-hybridized carbons (Fsp3) is 0.143. The number of ether oxygens (including phenoxy) is 1. The predicted molar refractivity (Wildman–Crippen MR) is 97.0 cm³/mol. The molecule has 126 valence electrons. The Morgan fingerprint density at radius 1 is 1.00 bits per heavy atom. The van der Waals surface area contributed by atoms with Crippen LogP contribution in [0.2, 0.25) is 0 Å². The summed E-state index contributed by atoms with van der Waals surface area (Å²) >= 11 is 0. The number of nitrogens with zero attached hydrogens (tertiary/aromatic N) is 1. The Morgan fingerprint density at radius 2 is 1.76 bits per heavy atom. The highest BCUT2D eigenvalue weighted by atomic mass is 16.7. The fourth-order valence-electron chi connectivity index (χ4n) is 2.97. The highest BCUT2D eigenvalue weighted by molar-refractivity contribution is 5.70. The molecular formula is C21H19NO3. The molecule has 0 aliphatic heterocycles. The molecule has 0 fully saturated rings. The normalized spacial score (nSPS) is 10.5. The number of carboxylic acid groups (broad SMARTS) is 1. The molecule has 0 atom stereocenters. The Bertz CT molecular complexity index is 919. The molecule has 0 unspecified atom stereocenters. The van der Waals surface area contributed by atoms with E-state index in [2.05, 4.69) is 49.2 Å². The summed E-state index contributed by atoms with van der Waals surface area (Å²) in [5.74, 6) is 0.135. The summed E-state index contributed by atoms with van der Waals surface area (Å²) in [6.45, 7) is 4.19. The van der Waals surface area contributed by atoms with E-state index >= 15 is 0 Å². The Hall–Kier alpha value is -3.14. The summed E-state index contributed by atoms with van der Waals surface area (Å²) < 4.78 is 4.76. The van der Waals surface area contributed by atoms with Gasteiger partial charge in [-0.25, -0.2) is 9.78 Å². The number of hydrogen-bond acceptors (Lipinski definition) is 3. The van der Waals surface area contributed by atoms with Gasteiger partial charge in [-0.2, -0.15) is 0 Å². The molecule has 2 aromatic carbocycles. The Kier molecular flexibility index (Phi) is 4.80. The zero-order valence-electron chi connectivity index (χ0n) is 14.2. The number of aromatic nitrogens is 1. The predicted octanol–water partition coefficient (Wildman–Crippen LogP) is 5.01. The van der Waals surface area contributed by atoms with E-state index in [1.165, 1.54) is 28.5 Å². The zero-order chi connectivity index (χ0) is 17.8. The number of carbonyl (C=O) groups is 1. The van der Waals surface area contributed by atoms with Crippen molar-refractivity contribution in [3.63, 3.8) is 0 Å². The third kappa shape index (κ3) is 3.86. The van der Waals surface area contributed by atoms with Crippen LogP contribution in [-0.4, -0.2) is 16.2 Å². The smallest absolute Gasteiger partial charge is 0.449 e. The molecule has 1 aromatic heterocycles. The molecule has 4 nitrogen and oxygen atoms in total. The lowest BCUT2D eigenvalue weighted by molar-refractivity contribution is 0.142. The highest BCUT2D eigenvalue weighted by Crippen LogP contribution is 2.28. The van der Waals surface area contributed by atoms with Gasteiger partial charge >= 0.3 is 6.16 Å². The van der Waals surface area contributed by atoms with Gasteiger partial charge in [-0.1, -0.05) is 48.5 Å². The van der Waals surface area contributed by atoms with Gasteiger partial charge in [0.05, 0.1) is 0 Å². The summed E-state index contributed by atoms with van der Waals surface area (Å²) in [6.07, 6.45) is 0.727. The lowest BCUT2D eigenvalue weighted by Gasteiger charge is -2.12. The second-order valence-corrected chi connectivity index (χ2v) is 5.98. The van der Waals surface area contributed by atoms with E-state index in [4.69, 9.17) is 9.84 Å². The standard InChI is InChI=1S/C21H19NO3/c1-14-6-3-4-8-18(14)19-10-9-16(12-15(19)2)13-17-7-5-11-22-20(17)25-21(23)24/h3-12H,13H2,1-2H3,(H,23,24). The van der Waals surface area contributed by atoms with Gasteiger partial charge in [0.25, 0.3) is 0 Å². The number of aryl methyl sites for hydroxylation is 2. The van der Waals surface area contributed by atoms with Crippen LogP contribution in [0.3, 0.4) is 0 Å². The van der Waals surface area contributed by atoms with E-state index in [1.54, 1.807) is 6.07 Å². The van der Waals surface area contributed by atoms with Gasteiger partial charge < -0.3 is 9.84 Å². The second kappa shape index (κ2) is 7.18. The SMILES string of the molecule is Cc1ccccc1-c1ccc(Cc2cccnc2OC(=O)O)cc1C. The monoisotopic (exact) mass is 333 g/mol. The third-order valence-corrected chi connectivity index (χ3v) is 4.15. The molecule has 1 N–H and O–H groups in total. The lowest BCUT2D eigenvalue weighted by atomic mass is 9.94. The molecule has 1 heterocycles. The number of pyridine rings is 1.